The Labute approximate surface area is 207 Å². The van der Waals surface area contributed by atoms with Gasteiger partial charge in [0, 0.05) is 17.5 Å². The highest BCUT2D eigenvalue weighted by Crippen LogP contribution is 2.55. The molecule has 2 aliphatic carbocycles. The van der Waals surface area contributed by atoms with Crippen LogP contribution in [0, 0.1) is 5.41 Å². The molecule has 0 unspecified atom stereocenters. The molecule has 2 aliphatic heterocycles. The van der Waals surface area contributed by atoms with E-state index in [9.17, 15) is 4.79 Å². The number of ether oxygens (including phenoxy) is 2. The Balaban J connectivity index is 1.21. The summed E-state index contributed by atoms with van der Waals surface area (Å²) >= 11 is 0. The molecule has 1 spiro atoms. The number of carbonyl (C=O) groups is 1. The van der Waals surface area contributed by atoms with Gasteiger partial charge in [0.15, 0.2) is 0 Å². The number of amides is 1. The van der Waals surface area contributed by atoms with E-state index < -0.39 is 5.60 Å². The lowest BCUT2D eigenvalue weighted by molar-refractivity contribution is -0.0120. The number of benzene rings is 1. The maximum Gasteiger partial charge on any atom is 0.410 e. The monoisotopic (exact) mass is 474 g/mol. The normalized spacial score (nSPS) is 23.5. The van der Waals surface area contributed by atoms with Crippen molar-refractivity contribution in [3.8, 4) is 5.88 Å². The van der Waals surface area contributed by atoms with E-state index in [0.29, 0.717) is 30.9 Å². The summed E-state index contributed by atoms with van der Waals surface area (Å²) in [6, 6.07) is 6.76. The van der Waals surface area contributed by atoms with Crippen LogP contribution in [0.4, 0.5) is 4.79 Å². The summed E-state index contributed by atoms with van der Waals surface area (Å²) in [4.78, 5) is 28.5. The Morgan fingerprint density at radius 3 is 2.63 bits per heavy atom. The van der Waals surface area contributed by atoms with Gasteiger partial charge in [0.25, 0.3) is 0 Å². The van der Waals surface area contributed by atoms with Crippen molar-refractivity contribution in [2.24, 2.45) is 10.4 Å². The van der Waals surface area contributed by atoms with Crippen molar-refractivity contribution in [3.63, 3.8) is 0 Å². The van der Waals surface area contributed by atoms with Crippen LogP contribution in [0.2, 0.25) is 0 Å². The molecule has 2 aromatic rings. The Morgan fingerprint density at radius 1 is 1.11 bits per heavy atom. The van der Waals surface area contributed by atoms with Crippen LogP contribution >= 0.6 is 0 Å². The first-order chi connectivity index (χ1) is 16.6. The number of fused-ring (bicyclic) bond motifs is 1. The fourth-order valence-electron chi connectivity index (χ4n) is 5.31. The largest absolute Gasteiger partial charge is 0.471 e. The molecule has 2 saturated carbocycles. The predicted octanol–water partition coefficient (Wildman–Crippen LogP) is 5.05. The lowest BCUT2D eigenvalue weighted by Gasteiger charge is -2.39. The average Bonchev–Trinajstić information content (AvgIpc) is 3.72. The molecule has 1 aromatic carbocycles. The number of carbonyl (C=O) groups excluding carboxylic acids is 1. The van der Waals surface area contributed by atoms with Gasteiger partial charge in [-0.25, -0.2) is 9.78 Å². The van der Waals surface area contributed by atoms with Crippen LogP contribution in [0.15, 0.2) is 35.6 Å². The second kappa shape index (κ2) is 7.77. The summed E-state index contributed by atoms with van der Waals surface area (Å²) < 4.78 is 12.1. The first-order valence-electron chi connectivity index (χ1n) is 12.8. The van der Waals surface area contributed by atoms with Gasteiger partial charge in [0.05, 0.1) is 31.2 Å². The molecular weight excluding hydrogens is 440 g/mol. The first kappa shape index (κ1) is 22.5. The van der Waals surface area contributed by atoms with Gasteiger partial charge in [0.1, 0.15) is 17.4 Å². The number of rotatable bonds is 4. The predicted molar refractivity (Wildman–Crippen MR) is 133 cm³/mol. The van der Waals surface area contributed by atoms with Crippen molar-refractivity contribution in [2.75, 3.05) is 13.1 Å². The van der Waals surface area contributed by atoms with E-state index in [1.165, 1.54) is 24.0 Å². The van der Waals surface area contributed by atoms with Gasteiger partial charge >= 0.3 is 6.09 Å². The minimum Gasteiger partial charge on any atom is -0.471 e. The standard InChI is InChI=1S/C28H34N4O3/c1-26(2,3)35-25(33)32-12-11-28(9-10-28)22(17-32)34-23-16-29-15-21(31-23)24-20-13-19(27(4)7-8-27)6-5-18(20)14-30-24/h5-6,13,15-16,22H,7-12,14,17H2,1-4H3/t22-/m0/s1. The lowest BCUT2D eigenvalue weighted by Crippen LogP contribution is -2.51. The molecule has 1 aromatic heterocycles. The Morgan fingerprint density at radius 2 is 1.91 bits per heavy atom. The zero-order chi connectivity index (χ0) is 24.4. The summed E-state index contributed by atoms with van der Waals surface area (Å²) in [5.41, 5.74) is 5.32. The molecule has 184 valence electrons. The molecule has 4 aliphatic rings. The van der Waals surface area contributed by atoms with Gasteiger partial charge in [-0.05, 0) is 75.5 Å². The third kappa shape index (κ3) is 4.30. The number of hydrogen-bond acceptors (Lipinski definition) is 6. The van der Waals surface area contributed by atoms with Crippen molar-refractivity contribution in [1.82, 2.24) is 14.9 Å². The third-order valence-electron chi connectivity index (χ3n) is 8.08. The number of aromatic nitrogens is 2. The van der Waals surface area contributed by atoms with Crippen LogP contribution in [0.5, 0.6) is 5.88 Å². The smallest absolute Gasteiger partial charge is 0.410 e. The van der Waals surface area contributed by atoms with Gasteiger partial charge in [-0.15, -0.1) is 0 Å². The minimum atomic E-state index is -0.517. The van der Waals surface area contributed by atoms with E-state index in [1.807, 2.05) is 20.8 Å². The molecular formula is C28H34N4O3. The summed E-state index contributed by atoms with van der Waals surface area (Å²) in [7, 11) is 0. The summed E-state index contributed by atoms with van der Waals surface area (Å²) in [5, 5.41) is 0. The molecule has 1 atom stereocenters. The van der Waals surface area contributed by atoms with Crippen LogP contribution in [0.3, 0.4) is 0 Å². The summed E-state index contributed by atoms with van der Waals surface area (Å²) in [6.45, 7) is 9.89. The highest BCUT2D eigenvalue weighted by atomic mass is 16.6. The van der Waals surface area contributed by atoms with Gasteiger partial charge in [-0.1, -0.05) is 19.1 Å². The highest BCUT2D eigenvalue weighted by molar-refractivity contribution is 6.14. The summed E-state index contributed by atoms with van der Waals surface area (Å²) in [6.07, 6.45) is 8.69. The number of nitrogens with zero attached hydrogens (tertiary/aromatic N) is 4. The van der Waals surface area contributed by atoms with Gasteiger partial charge in [0.2, 0.25) is 5.88 Å². The van der Waals surface area contributed by atoms with Crippen LogP contribution in [0.1, 0.15) is 82.2 Å². The maximum absolute atomic E-state index is 12.7. The van der Waals surface area contributed by atoms with Crippen molar-refractivity contribution in [2.45, 2.75) is 83.5 Å². The fraction of sp³-hybridized carbons (Fsp3) is 0.571. The highest BCUT2D eigenvalue weighted by Gasteiger charge is 2.54. The van der Waals surface area contributed by atoms with Crippen molar-refractivity contribution < 1.29 is 14.3 Å². The lowest BCUT2D eigenvalue weighted by atomic mass is 9.90. The number of piperidine rings is 1. The number of hydrogen-bond donors (Lipinski definition) is 0. The van der Waals surface area contributed by atoms with Crippen LogP contribution < -0.4 is 4.74 Å². The maximum atomic E-state index is 12.7. The molecule has 1 amide bonds. The van der Waals surface area contributed by atoms with E-state index in [4.69, 9.17) is 19.5 Å². The molecule has 35 heavy (non-hydrogen) atoms. The second-order valence-corrected chi connectivity index (χ2v) is 12.0. The topological polar surface area (TPSA) is 76.9 Å². The van der Waals surface area contributed by atoms with Crippen LogP contribution in [0.25, 0.3) is 0 Å². The van der Waals surface area contributed by atoms with Crippen molar-refractivity contribution in [1.29, 1.82) is 0 Å². The van der Waals surface area contributed by atoms with Crippen LogP contribution in [-0.2, 0) is 16.7 Å². The molecule has 7 heteroatoms. The molecule has 0 radical (unpaired) electrons. The van der Waals surface area contributed by atoms with E-state index in [1.54, 1.807) is 17.3 Å². The van der Waals surface area contributed by atoms with Crippen molar-refractivity contribution >= 4 is 11.8 Å². The second-order valence-electron chi connectivity index (χ2n) is 12.0. The minimum absolute atomic E-state index is 0.118. The quantitative estimate of drug-likeness (QED) is 0.620. The first-order valence-corrected chi connectivity index (χ1v) is 12.8. The molecule has 0 N–H and O–H groups in total. The van der Waals surface area contributed by atoms with Gasteiger partial charge in [-0.2, -0.15) is 0 Å². The average molecular weight is 475 g/mol. The van der Waals surface area contributed by atoms with Gasteiger partial charge in [-0.3, -0.25) is 9.98 Å². The van der Waals surface area contributed by atoms with E-state index in [2.05, 4.69) is 30.1 Å². The Kier molecular flexibility index (Phi) is 5.00. The zero-order valence-electron chi connectivity index (χ0n) is 21.1. The van der Waals surface area contributed by atoms with Crippen LogP contribution in [-0.4, -0.2) is 51.5 Å². The molecule has 0 bridgehead atoms. The molecule has 6 rings (SSSR count). The molecule has 3 fully saturated rings. The fourth-order valence-corrected chi connectivity index (χ4v) is 5.31. The molecule has 1 saturated heterocycles. The van der Waals surface area contributed by atoms with Crippen molar-refractivity contribution in [3.05, 3.63) is 53.0 Å². The Bertz CT molecular complexity index is 1210. The zero-order valence-corrected chi connectivity index (χ0v) is 21.1. The number of likely N-dealkylation sites (tertiary alicyclic amines) is 1. The van der Waals surface area contributed by atoms with E-state index in [-0.39, 0.29) is 17.6 Å². The van der Waals surface area contributed by atoms with Gasteiger partial charge < -0.3 is 14.4 Å². The SMILES string of the molecule is CC(C)(C)OC(=O)N1CCC2(CC2)[C@@H](Oc2cncc(C3=NCc4ccc(C5(C)CC5)cc43)n2)C1. The third-order valence-corrected chi connectivity index (χ3v) is 8.08. The molecule has 7 nitrogen and oxygen atoms in total. The molecule has 3 heterocycles. The van der Waals surface area contributed by atoms with E-state index >= 15 is 0 Å². The Hall–Kier alpha value is -2.96. The van der Waals surface area contributed by atoms with E-state index in [0.717, 1.165) is 36.2 Å². The number of aliphatic imine (C=N–C) groups is 1. The summed E-state index contributed by atoms with van der Waals surface area (Å²) in [5.74, 6) is 0.492.